The van der Waals surface area contributed by atoms with Gasteiger partial charge in [-0.2, -0.15) is 0 Å². The number of hydrogen-bond acceptors (Lipinski definition) is 9. The average molecular weight is 297 g/mol. The summed E-state index contributed by atoms with van der Waals surface area (Å²) in [7, 11) is 0. The van der Waals surface area contributed by atoms with Gasteiger partial charge in [-0.1, -0.05) is 0 Å². The molecule has 0 saturated carbocycles. The molecule has 1 saturated heterocycles. The van der Waals surface area contributed by atoms with Gasteiger partial charge in [0, 0.05) is 0 Å². The fourth-order valence-corrected chi connectivity index (χ4v) is 2.39. The summed E-state index contributed by atoms with van der Waals surface area (Å²) in [5.41, 5.74) is 6.35. The highest BCUT2D eigenvalue weighted by molar-refractivity contribution is 5.81. The van der Waals surface area contributed by atoms with Crippen molar-refractivity contribution in [1.82, 2.24) is 19.5 Å². The zero-order valence-corrected chi connectivity index (χ0v) is 10.8. The van der Waals surface area contributed by atoms with E-state index in [2.05, 4.69) is 15.0 Å². The van der Waals surface area contributed by atoms with Crippen molar-refractivity contribution < 1.29 is 25.2 Å². The molecule has 6 N–H and O–H groups in total. The second-order valence-electron chi connectivity index (χ2n) is 4.81. The summed E-state index contributed by atoms with van der Waals surface area (Å²) in [6, 6.07) is 0. The highest BCUT2D eigenvalue weighted by atomic mass is 16.6. The Bertz CT molecular complexity index is 649. The van der Waals surface area contributed by atoms with Gasteiger partial charge < -0.3 is 30.9 Å². The molecular formula is C11H15N5O5. The molecule has 0 aromatic carbocycles. The monoisotopic (exact) mass is 297 g/mol. The van der Waals surface area contributed by atoms with Gasteiger partial charge in [-0.15, -0.1) is 0 Å². The molecule has 1 aliphatic heterocycles. The molecule has 0 amide bonds. The third-order valence-corrected chi connectivity index (χ3v) is 3.50. The number of fused-ring (bicyclic) bond motifs is 1. The fraction of sp³-hybridized carbons (Fsp3) is 0.545. The molecule has 2 aromatic rings. The third kappa shape index (κ3) is 2.13. The summed E-state index contributed by atoms with van der Waals surface area (Å²) in [6.07, 6.45) is -3.51. The number of hydrogen-bond donors (Lipinski definition) is 5. The van der Waals surface area contributed by atoms with Crippen molar-refractivity contribution in [2.45, 2.75) is 30.6 Å². The zero-order valence-electron chi connectivity index (χ0n) is 10.8. The van der Waals surface area contributed by atoms with Crippen LogP contribution in [-0.2, 0) is 4.74 Å². The van der Waals surface area contributed by atoms with E-state index in [0.29, 0.717) is 11.2 Å². The lowest BCUT2D eigenvalue weighted by Crippen LogP contribution is -2.40. The number of rotatable bonds is 3. The second kappa shape index (κ2) is 5.16. The maximum absolute atomic E-state index is 10.1. The van der Waals surface area contributed by atoms with Gasteiger partial charge in [-0.25, -0.2) is 15.0 Å². The lowest BCUT2D eigenvalue weighted by Gasteiger charge is -2.18. The first-order valence-corrected chi connectivity index (χ1v) is 6.28. The molecule has 114 valence electrons. The lowest BCUT2D eigenvalue weighted by molar-refractivity contribution is -0.0962. The van der Waals surface area contributed by atoms with Crippen molar-refractivity contribution in [3.05, 3.63) is 12.7 Å². The highest BCUT2D eigenvalue weighted by Crippen LogP contribution is 2.33. The second-order valence-corrected chi connectivity index (χ2v) is 4.81. The Kier molecular flexibility index (Phi) is 3.47. The first-order chi connectivity index (χ1) is 10.0. The van der Waals surface area contributed by atoms with E-state index in [1.165, 1.54) is 17.2 Å². The molecule has 1 fully saturated rings. The minimum Gasteiger partial charge on any atom is -0.394 e. The Morgan fingerprint density at radius 1 is 1.29 bits per heavy atom. The van der Waals surface area contributed by atoms with Crippen LogP contribution in [0.2, 0.25) is 0 Å². The van der Waals surface area contributed by atoms with Crippen LogP contribution in [0.5, 0.6) is 0 Å². The predicted molar refractivity (Wildman–Crippen MR) is 68.8 cm³/mol. The van der Waals surface area contributed by atoms with Crippen molar-refractivity contribution in [2.75, 3.05) is 12.3 Å². The maximum atomic E-state index is 10.1. The minimum absolute atomic E-state index is 0.179. The number of anilines is 1. The SMILES string of the molecule is Nc1ncnc2c1ncn2[C@@H]1O[C@@H]([C@H](O)CO)[C@@H](O)[C@@H]1O. The molecule has 3 rings (SSSR count). The molecule has 0 bridgehead atoms. The van der Waals surface area contributed by atoms with Crippen LogP contribution < -0.4 is 5.73 Å². The molecule has 0 spiro atoms. The van der Waals surface area contributed by atoms with Crippen molar-refractivity contribution >= 4 is 17.0 Å². The number of nitrogens with zero attached hydrogens (tertiary/aromatic N) is 4. The van der Waals surface area contributed by atoms with E-state index in [1.54, 1.807) is 0 Å². The van der Waals surface area contributed by atoms with Crippen molar-refractivity contribution in [3.8, 4) is 0 Å². The molecule has 0 radical (unpaired) electrons. The van der Waals surface area contributed by atoms with E-state index < -0.39 is 37.3 Å². The Labute approximate surface area is 118 Å². The van der Waals surface area contributed by atoms with Crippen LogP contribution in [0.15, 0.2) is 12.7 Å². The van der Waals surface area contributed by atoms with Gasteiger partial charge in [-0.3, -0.25) is 4.57 Å². The van der Waals surface area contributed by atoms with Gasteiger partial charge in [0.25, 0.3) is 0 Å². The summed E-state index contributed by atoms with van der Waals surface area (Å²) >= 11 is 0. The number of aliphatic hydroxyl groups excluding tert-OH is 4. The number of ether oxygens (including phenoxy) is 1. The molecule has 2 aromatic heterocycles. The van der Waals surface area contributed by atoms with Crippen LogP contribution >= 0.6 is 0 Å². The number of nitrogen functional groups attached to an aromatic ring is 1. The number of aromatic nitrogens is 4. The molecule has 10 heteroatoms. The van der Waals surface area contributed by atoms with Crippen molar-refractivity contribution in [2.24, 2.45) is 0 Å². The fourth-order valence-electron chi connectivity index (χ4n) is 2.39. The molecule has 3 heterocycles. The van der Waals surface area contributed by atoms with Crippen LogP contribution in [0.4, 0.5) is 5.82 Å². The summed E-state index contributed by atoms with van der Waals surface area (Å²) in [5, 5.41) is 38.5. The lowest BCUT2D eigenvalue weighted by atomic mass is 10.1. The van der Waals surface area contributed by atoms with E-state index in [4.69, 9.17) is 15.6 Å². The first kappa shape index (κ1) is 14.1. The van der Waals surface area contributed by atoms with Gasteiger partial charge in [-0.05, 0) is 0 Å². The van der Waals surface area contributed by atoms with Crippen molar-refractivity contribution in [3.63, 3.8) is 0 Å². The normalized spacial score (nSPS) is 30.9. The molecule has 0 aliphatic carbocycles. The van der Waals surface area contributed by atoms with E-state index in [0.717, 1.165) is 0 Å². The van der Waals surface area contributed by atoms with Gasteiger partial charge in [0.2, 0.25) is 0 Å². The van der Waals surface area contributed by atoms with Gasteiger partial charge in [0.05, 0.1) is 12.9 Å². The van der Waals surface area contributed by atoms with Gasteiger partial charge >= 0.3 is 0 Å². The van der Waals surface area contributed by atoms with Crippen LogP contribution in [0.1, 0.15) is 6.23 Å². The zero-order chi connectivity index (χ0) is 15.1. The van der Waals surface area contributed by atoms with Crippen LogP contribution in [0.25, 0.3) is 11.2 Å². The molecular weight excluding hydrogens is 282 g/mol. The Morgan fingerprint density at radius 2 is 2.05 bits per heavy atom. The van der Waals surface area contributed by atoms with Gasteiger partial charge in [0.15, 0.2) is 17.7 Å². The molecule has 1 aliphatic rings. The highest BCUT2D eigenvalue weighted by Gasteiger charge is 2.47. The summed E-state index contributed by atoms with van der Waals surface area (Å²) in [5.74, 6) is 0.179. The quantitative estimate of drug-likeness (QED) is 0.408. The van der Waals surface area contributed by atoms with E-state index in [-0.39, 0.29) is 5.82 Å². The van der Waals surface area contributed by atoms with Crippen LogP contribution in [-0.4, -0.2) is 71.0 Å². The third-order valence-electron chi connectivity index (χ3n) is 3.50. The average Bonchev–Trinajstić information content (AvgIpc) is 3.02. The Balaban J connectivity index is 1.98. The summed E-state index contributed by atoms with van der Waals surface area (Å²) < 4.78 is 6.84. The minimum atomic E-state index is -1.35. The smallest absolute Gasteiger partial charge is 0.167 e. The first-order valence-electron chi connectivity index (χ1n) is 6.28. The number of aliphatic hydroxyl groups is 4. The molecule has 10 nitrogen and oxygen atoms in total. The molecule has 0 unspecified atom stereocenters. The van der Waals surface area contributed by atoms with E-state index in [1.807, 2.05) is 0 Å². The number of nitrogens with two attached hydrogens (primary N) is 1. The predicted octanol–water partition coefficient (Wildman–Crippen LogP) is -2.62. The van der Waals surface area contributed by atoms with Crippen LogP contribution in [0.3, 0.4) is 0 Å². The largest absolute Gasteiger partial charge is 0.394 e. The molecule has 21 heavy (non-hydrogen) atoms. The Morgan fingerprint density at radius 3 is 2.76 bits per heavy atom. The summed E-state index contributed by atoms with van der Waals surface area (Å²) in [6.45, 7) is -0.596. The topological polar surface area (TPSA) is 160 Å². The van der Waals surface area contributed by atoms with E-state index >= 15 is 0 Å². The Hall–Kier alpha value is -1.85. The van der Waals surface area contributed by atoms with Crippen LogP contribution in [0, 0.1) is 0 Å². The standard InChI is InChI=1S/C11H15N5O5/c12-9-5-10(14-2-13-9)16(3-15-5)11-7(20)6(19)8(21-11)4(18)1-17/h2-4,6-8,11,17-20H,1H2,(H2,12,13,14)/t4-,6+,7+,8+,11-/m1/s1. The van der Waals surface area contributed by atoms with E-state index in [9.17, 15) is 15.3 Å². The molecule has 5 atom stereocenters. The van der Waals surface area contributed by atoms with Gasteiger partial charge in [0.1, 0.15) is 36.3 Å². The maximum Gasteiger partial charge on any atom is 0.167 e. The summed E-state index contributed by atoms with van der Waals surface area (Å²) in [4.78, 5) is 11.9. The van der Waals surface area contributed by atoms with Crippen molar-refractivity contribution in [1.29, 1.82) is 0 Å². The number of imidazole rings is 1.